The van der Waals surface area contributed by atoms with E-state index in [0.29, 0.717) is 36.8 Å². The first-order valence-electron chi connectivity index (χ1n) is 14.3. The van der Waals surface area contributed by atoms with Gasteiger partial charge in [-0.25, -0.2) is 0 Å². The van der Waals surface area contributed by atoms with Crippen molar-refractivity contribution in [3.63, 3.8) is 0 Å². The number of methoxy groups -OCH3 is 1. The summed E-state index contributed by atoms with van der Waals surface area (Å²) >= 11 is 9.75. The normalized spacial score (nSPS) is 20.3. The maximum atomic E-state index is 14.0. The Hall–Kier alpha value is -2.41. The van der Waals surface area contributed by atoms with Gasteiger partial charge in [0.2, 0.25) is 0 Å². The van der Waals surface area contributed by atoms with Gasteiger partial charge in [0.1, 0.15) is 12.4 Å². The van der Waals surface area contributed by atoms with Gasteiger partial charge in [0.15, 0.2) is 11.6 Å². The van der Waals surface area contributed by atoms with Crippen LogP contribution in [-0.4, -0.2) is 36.7 Å². The van der Waals surface area contributed by atoms with E-state index in [9.17, 15) is 9.59 Å². The monoisotopic (exact) mass is 639 g/mol. The van der Waals surface area contributed by atoms with Crippen molar-refractivity contribution in [3.8, 4) is 5.75 Å². The smallest absolute Gasteiger partial charge is 0.162 e. The van der Waals surface area contributed by atoms with E-state index in [4.69, 9.17) is 21.1 Å². The molecule has 0 spiro atoms. The van der Waals surface area contributed by atoms with Gasteiger partial charge in [0.25, 0.3) is 0 Å². The van der Waals surface area contributed by atoms with Gasteiger partial charge in [-0.05, 0) is 81.4 Å². The van der Waals surface area contributed by atoms with Crippen molar-refractivity contribution < 1.29 is 19.1 Å². The summed E-state index contributed by atoms with van der Waals surface area (Å²) in [5.74, 6) is 0.603. The van der Waals surface area contributed by atoms with Crippen molar-refractivity contribution in [1.82, 2.24) is 4.90 Å². The van der Waals surface area contributed by atoms with E-state index in [2.05, 4.69) is 48.5 Å². The number of carbonyl (C=O) groups excluding carboxylic acids is 2. The lowest BCUT2D eigenvalue weighted by Gasteiger charge is -2.49. The Morgan fingerprint density at radius 2 is 1.49 bits per heavy atom. The fourth-order valence-electron chi connectivity index (χ4n) is 6.57. The highest BCUT2D eigenvalue weighted by atomic mass is 79.9. The molecule has 0 saturated carbocycles. The first-order chi connectivity index (χ1) is 19.4. The molecule has 2 aliphatic carbocycles. The van der Waals surface area contributed by atoms with Crippen LogP contribution in [0.25, 0.3) is 0 Å². The molecule has 5 nitrogen and oxygen atoms in total. The maximum absolute atomic E-state index is 14.0. The highest BCUT2D eigenvalue weighted by Crippen LogP contribution is 2.54. The van der Waals surface area contributed by atoms with Gasteiger partial charge in [-0.3, -0.25) is 9.59 Å². The number of allylic oxidation sites excluding steroid dienone is 4. The molecule has 2 aromatic carbocycles. The topological polar surface area (TPSA) is 55.8 Å². The van der Waals surface area contributed by atoms with Gasteiger partial charge in [0.05, 0.1) is 4.47 Å². The van der Waals surface area contributed by atoms with Gasteiger partial charge >= 0.3 is 0 Å². The average Bonchev–Trinajstić information content (AvgIpc) is 2.88. The summed E-state index contributed by atoms with van der Waals surface area (Å²) in [5.41, 5.74) is 5.39. The van der Waals surface area contributed by atoms with E-state index < -0.39 is 0 Å². The third kappa shape index (κ3) is 6.35. The van der Waals surface area contributed by atoms with Crippen LogP contribution in [0.3, 0.4) is 0 Å². The molecule has 3 aliphatic rings. The number of ether oxygens (including phenoxy) is 2. The lowest BCUT2D eigenvalue weighted by Crippen LogP contribution is -2.44. The van der Waals surface area contributed by atoms with Gasteiger partial charge in [-0.2, -0.15) is 0 Å². The second-order valence-corrected chi connectivity index (χ2v) is 14.4. The molecule has 0 amide bonds. The Kier molecular flexibility index (Phi) is 8.58. The Balaban J connectivity index is 1.58. The van der Waals surface area contributed by atoms with E-state index in [1.807, 2.05) is 42.5 Å². The molecule has 7 heteroatoms. The van der Waals surface area contributed by atoms with E-state index >= 15 is 0 Å². The molecular weight excluding hydrogens is 602 g/mol. The Bertz CT molecular complexity index is 1370. The molecule has 0 saturated heterocycles. The zero-order valence-corrected chi connectivity index (χ0v) is 27.0. The molecule has 0 bridgehead atoms. The quantitative estimate of drug-likeness (QED) is 0.271. The molecule has 0 aromatic heterocycles. The number of carbonyl (C=O) groups is 2. The molecule has 0 radical (unpaired) electrons. The van der Waals surface area contributed by atoms with E-state index in [-0.39, 0.29) is 28.3 Å². The summed E-state index contributed by atoms with van der Waals surface area (Å²) < 4.78 is 12.3. The fraction of sp³-hybridized carbons (Fsp3) is 0.471. The Labute approximate surface area is 257 Å². The van der Waals surface area contributed by atoms with Crippen molar-refractivity contribution in [2.75, 3.05) is 20.3 Å². The number of halogens is 2. The standard InChI is InChI=1S/C34H39BrClNO4/c1-33(2)16-25-31(27(38)18-33)30(32-26(37(25)13-6-14-40-5)17-34(3,4)19-28(32)39)22-9-12-29(24(35)15-22)41-20-21-7-10-23(36)11-8-21/h7-12,15,30H,6,13-14,16-20H2,1-5H3. The summed E-state index contributed by atoms with van der Waals surface area (Å²) in [6, 6.07) is 13.6. The highest BCUT2D eigenvalue weighted by molar-refractivity contribution is 9.10. The minimum atomic E-state index is -0.382. The number of Topliss-reactive ketones (excluding diaryl/α,β-unsaturated/α-hetero) is 2. The lowest BCUT2D eigenvalue weighted by molar-refractivity contribution is -0.119. The number of benzene rings is 2. The third-order valence-electron chi connectivity index (χ3n) is 8.35. The molecule has 0 atom stereocenters. The second-order valence-electron chi connectivity index (χ2n) is 13.1. The van der Waals surface area contributed by atoms with Gasteiger partial charge in [-0.1, -0.05) is 57.5 Å². The molecular formula is C34H39BrClNO4. The Morgan fingerprint density at radius 1 is 0.902 bits per heavy atom. The summed E-state index contributed by atoms with van der Waals surface area (Å²) in [5, 5.41) is 0.688. The zero-order chi connectivity index (χ0) is 29.5. The van der Waals surface area contributed by atoms with Crippen molar-refractivity contribution in [3.05, 3.63) is 85.6 Å². The van der Waals surface area contributed by atoms with Crippen LogP contribution in [0.4, 0.5) is 0 Å². The largest absolute Gasteiger partial charge is 0.488 e. The number of hydrogen-bond acceptors (Lipinski definition) is 5. The van der Waals surface area contributed by atoms with Crippen molar-refractivity contribution in [1.29, 1.82) is 0 Å². The minimum absolute atomic E-state index is 0.140. The lowest BCUT2D eigenvalue weighted by atomic mass is 9.63. The molecule has 2 aromatic rings. The molecule has 5 rings (SSSR count). The fourth-order valence-corrected chi connectivity index (χ4v) is 7.21. The number of hydrogen-bond donors (Lipinski definition) is 0. The molecule has 0 fully saturated rings. The van der Waals surface area contributed by atoms with Crippen LogP contribution in [-0.2, 0) is 20.9 Å². The van der Waals surface area contributed by atoms with Crippen LogP contribution in [0.5, 0.6) is 5.75 Å². The predicted molar refractivity (Wildman–Crippen MR) is 166 cm³/mol. The zero-order valence-electron chi connectivity index (χ0n) is 24.6. The molecule has 41 heavy (non-hydrogen) atoms. The van der Waals surface area contributed by atoms with Crippen LogP contribution in [0, 0.1) is 10.8 Å². The van der Waals surface area contributed by atoms with Crippen LogP contribution < -0.4 is 4.74 Å². The minimum Gasteiger partial charge on any atom is -0.488 e. The molecule has 1 aliphatic heterocycles. The van der Waals surface area contributed by atoms with Crippen LogP contribution in [0.15, 0.2) is 69.5 Å². The van der Waals surface area contributed by atoms with Crippen molar-refractivity contribution in [2.45, 2.75) is 72.3 Å². The van der Waals surface area contributed by atoms with Gasteiger partial charge in [0, 0.05) is 66.6 Å². The average molecular weight is 641 g/mol. The summed E-state index contributed by atoms with van der Waals surface area (Å²) in [4.78, 5) is 30.2. The molecule has 1 heterocycles. The van der Waals surface area contributed by atoms with E-state index in [1.165, 1.54) is 0 Å². The molecule has 218 valence electrons. The van der Waals surface area contributed by atoms with Gasteiger partial charge in [-0.15, -0.1) is 0 Å². The number of nitrogens with zero attached hydrogens (tertiary/aromatic N) is 1. The van der Waals surface area contributed by atoms with Crippen LogP contribution in [0.2, 0.25) is 5.02 Å². The maximum Gasteiger partial charge on any atom is 0.162 e. The highest BCUT2D eigenvalue weighted by Gasteiger charge is 2.48. The summed E-state index contributed by atoms with van der Waals surface area (Å²) in [6.07, 6.45) is 3.36. The van der Waals surface area contributed by atoms with Crippen LogP contribution >= 0.6 is 27.5 Å². The number of ketones is 2. The van der Waals surface area contributed by atoms with Crippen molar-refractivity contribution >= 4 is 39.1 Å². The Morgan fingerprint density at radius 3 is 2.02 bits per heavy atom. The van der Waals surface area contributed by atoms with Crippen LogP contribution in [0.1, 0.15) is 76.8 Å². The number of rotatable bonds is 8. The summed E-state index contributed by atoms with van der Waals surface area (Å²) in [7, 11) is 1.71. The first kappa shape index (κ1) is 30.1. The van der Waals surface area contributed by atoms with Crippen molar-refractivity contribution in [2.24, 2.45) is 10.8 Å². The SMILES string of the molecule is COCCCN1C2=C(C(=O)CC(C)(C)C2)C(c2ccc(OCc3ccc(Cl)cc3)c(Br)c2)C2=C1CC(C)(C)CC2=O. The predicted octanol–water partition coefficient (Wildman–Crippen LogP) is 8.40. The van der Waals surface area contributed by atoms with E-state index in [1.54, 1.807) is 7.11 Å². The first-order valence-corrected chi connectivity index (χ1v) is 15.5. The second kappa shape index (κ2) is 11.7. The van der Waals surface area contributed by atoms with Gasteiger partial charge < -0.3 is 14.4 Å². The molecule has 0 N–H and O–H groups in total. The van der Waals surface area contributed by atoms with E-state index in [0.717, 1.165) is 63.9 Å². The summed E-state index contributed by atoms with van der Waals surface area (Å²) in [6.45, 7) is 10.4. The molecule has 0 unspecified atom stereocenters. The third-order valence-corrected chi connectivity index (χ3v) is 9.22.